The van der Waals surface area contributed by atoms with Gasteiger partial charge in [0.15, 0.2) is 0 Å². The Bertz CT molecular complexity index is 87.0. The lowest BCUT2D eigenvalue weighted by Crippen LogP contribution is -2.21. The molecule has 0 saturated carbocycles. The maximum absolute atomic E-state index is 4.92. The molecule has 0 aromatic heterocycles. The minimum absolute atomic E-state index is 0.501. The first-order valence-corrected chi connectivity index (χ1v) is 3.46. The normalized spacial score (nSPS) is 9.11. The Labute approximate surface area is 66.4 Å². The third-order valence-corrected chi connectivity index (χ3v) is 0.969. The third kappa shape index (κ3) is 8.20. The Hall–Kier alpha value is 0.200. The summed E-state index contributed by atoms with van der Waals surface area (Å²) in [5, 5.41) is 2.82. The minimum atomic E-state index is 0.501. The van der Waals surface area contributed by atoms with E-state index in [1.165, 1.54) is 0 Å². The van der Waals surface area contributed by atoms with Gasteiger partial charge in [0.05, 0.1) is 6.61 Å². The van der Waals surface area contributed by atoms with Crippen LogP contribution in [0.4, 0.5) is 0 Å². The van der Waals surface area contributed by atoms with Crippen molar-refractivity contribution in [2.45, 2.75) is 0 Å². The van der Waals surface area contributed by atoms with Crippen LogP contribution in [-0.4, -0.2) is 24.1 Å². The molecule has 0 aliphatic carbocycles. The van der Waals surface area contributed by atoms with Gasteiger partial charge in [-0.3, -0.25) is 0 Å². The SMILES string of the molecule is [CH2]COCCNC(=S)S. The summed E-state index contributed by atoms with van der Waals surface area (Å²) in [6.07, 6.45) is 0. The lowest BCUT2D eigenvalue weighted by atomic mass is 10.7. The number of hydrogen-bond acceptors (Lipinski definition) is 2. The van der Waals surface area contributed by atoms with Gasteiger partial charge in [0.2, 0.25) is 0 Å². The van der Waals surface area contributed by atoms with E-state index in [4.69, 9.17) is 4.74 Å². The highest BCUT2D eigenvalue weighted by Gasteiger charge is 1.85. The molecule has 0 heterocycles. The van der Waals surface area contributed by atoms with E-state index in [0.29, 0.717) is 24.1 Å². The summed E-state index contributed by atoms with van der Waals surface area (Å²) in [5.74, 6) is 0. The van der Waals surface area contributed by atoms with E-state index in [1.54, 1.807) is 0 Å². The van der Waals surface area contributed by atoms with Gasteiger partial charge in [0, 0.05) is 13.2 Å². The maximum Gasteiger partial charge on any atom is 0.130 e. The zero-order chi connectivity index (χ0) is 7.11. The highest BCUT2D eigenvalue weighted by molar-refractivity contribution is 8.11. The van der Waals surface area contributed by atoms with Crippen molar-refractivity contribution in [1.82, 2.24) is 5.32 Å². The van der Waals surface area contributed by atoms with Crippen molar-refractivity contribution in [2.75, 3.05) is 19.8 Å². The molecule has 0 unspecified atom stereocenters. The topological polar surface area (TPSA) is 21.3 Å². The van der Waals surface area contributed by atoms with Crippen LogP contribution in [0, 0.1) is 6.92 Å². The molecule has 9 heavy (non-hydrogen) atoms. The zero-order valence-corrected chi connectivity index (χ0v) is 6.80. The van der Waals surface area contributed by atoms with Gasteiger partial charge in [0.1, 0.15) is 4.32 Å². The van der Waals surface area contributed by atoms with Crippen molar-refractivity contribution < 1.29 is 4.74 Å². The number of ether oxygens (including phenoxy) is 1. The second-order valence-corrected chi connectivity index (χ2v) is 2.50. The molecule has 0 aliphatic heterocycles. The van der Waals surface area contributed by atoms with Crippen molar-refractivity contribution in [3.05, 3.63) is 6.92 Å². The Kier molecular flexibility index (Phi) is 6.46. The van der Waals surface area contributed by atoms with E-state index < -0.39 is 0 Å². The molecule has 4 heteroatoms. The molecule has 0 atom stereocenters. The van der Waals surface area contributed by atoms with Gasteiger partial charge in [-0.15, -0.1) is 12.6 Å². The Balaban J connectivity index is 2.83. The lowest BCUT2D eigenvalue weighted by Gasteiger charge is -2.01. The van der Waals surface area contributed by atoms with Crippen LogP contribution in [0.2, 0.25) is 0 Å². The molecule has 0 aliphatic rings. The number of thiol groups is 1. The van der Waals surface area contributed by atoms with E-state index in [2.05, 4.69) is 37.1 Å². The van der Waals surface area contributed by atoms with Crippen LogP contribution < -0.4 is 5.32 Å². The maximum atomic E-state index is 4.92. The summed E-state index contributed by atoms with van der Waals surface area (Å²) in [7, 11) is 0. The van der Waals surface area contributed by atoms with Crippen molar-refractivity contribution >= 4 is 29.2 Å². The summed E-state index contributed by atoms with van der Waals surface area (Å²) in [5.41, 5.74) is 0. The van der Waals surface area contributed by atoms with Crippen LogP contribution >= 0.6 is 24.8 Å². The largest absolute Gasteiger partial charge is 0.380 e. The first kappa shape index (κ1) is 9.20. The monoisotopic (exact) mass is 164 g/mol. The molecule has 0 bridgehead atoms. The number of nitrogens with one attached hydrogen (secondary N) is 1. The standard InChI is InChI=1S/C5H10NOS2/c1-2-7-4-3-6-5(8)9/h1-4H2,(H2,6,8,9). The summed E-state index contributed by atoms with van der Waals surface area (Å²) in [4.78, 5) is 0. The fraction of sp³-hybridized carbons (Fsp3) is 0.600. The van der Waals surface area contributed by atoms with Crippen molar-refractivity contribution in [3.63, 3.8) is 0 Å². The molecule has 1 N–H and O–H groups in total. The first-order valence-electron chi connectivity index (χ1n) is 2.61. The first-order chi connectivity index (χ1) is 4.27. The van der Waals surface area contributed by atoms with Gasteiger partial charge in [-0.1, -0.05) is 12.2 Å². The average Bonchev–Trinajstić information content (AvgIpc) is 1.80. The van der Waals surface area contributed by atoms with Gasteiger partial charge in [-0.25, -0.2) is 0 Å². The zero-order valence-electron chi connectivity index (χ0n) is 5.09. The minimum Gasteiger partial charge on any atom is -0.380 e. The summed E-state index contributed by atoms with van der Waals surface area (Å²) in [6, 6.07) is 0. The Morgan fingerprint density at radius 2 is 2.44 bits per heavy atom. The quantitative estimate of drug-likeness (QED) is 0.362. The van der Waals surface area contributed by atoms with Gasteiger partial charge in [0.25, 0.3) is 0 Å². The van der Waals surface area contributed by atoms with Crippen LogP contribution in [0.1, 0.15) is 0 Å². The molecule has 0 amide bonds. The van der Waals surface area contributed by atoms with Crippen LogP contribution in [0.3, 0.4) is 0 Å². The summed E-state index contributed by atoms with van der Waals surface area (Å²) in [6.45, 7) is 5.34. The molecule has 0 aromatic rings. The van der Waals surface area contributed by atoms with Crippen LogP contribution in [0.15, 0.2) is 0 Å². The predicted octanol–water partition coefficient (Wildman–Crippen LogP) is 0.641. The smallest absolute Gasteiger partial charge is 0.130 e. The van der Waals surface area contributed by atoms with Crippen molar-refractivity contribution in [3.8, 4) is 0 Å². The molecule has 0 aromatic carbocycles. The lowest BCUT2D eigenvalue weighted by molar-refractivity contribution is 0.166. The Morgan fingerprint density at radius 1 is 1.78 bits per heavy atom. The van der Waals surface area contributed by atoms with E-state index in [9.17, 15) is 0 Å². The van der Waals surface area contributed by atoms with Gasteiger partial charge in [-0.2, -0.15) is 0 Å². The second-order valence-electron chi connectivity index (χ2n) is 1.34. The van der Waals surface area contributed by atoms with Gasteiger partial charge >= 0.3 is 0 Å². The average molecular weight is 164 g/mol. The summed E-state index contributed by atoms with van der Waals surface area (Å²) >= 11 is 8.48. The number of hydrogen-bond donors (Lipinski definition) is 2. The van der Waals surface area contributed by atoms with Crippen molar-refractivity contribution in [1.29, 1.82) is 0 Å². The highest BCUT2D eigenvalue weighted by atomic mass is 32.1. The highest BCUT2D eigenvalue weighted by Crippen LogP contribution is 1.76. The fourth-order valence-corrected chi connectivity index (χ4v) is 0.546. The van der Waals surface area contributed by atoms with Gasteiger partial charge in [-0.05, 0) is 6.92 Å². The third-order valence-electron chi connectivity index (χ3n) is 0.667. The number of thiocarbonyl (C=S) groups is 1. The predicted molar refractivity (Wildman–Crippen MR) is 45.8 cm³/mol. The van der Waals surface area contributed by atoms with E-state index in [-0.39, 0.29) is 0 Å². The Morgan fingerprint density at radius 3 is 2.89 bits per heavy atom. The number of rotatable bonds is 4. The van der Waals surface area contributed by atoms with E-state index in [1.807, 2.05) is 0 Å². The van der Waals surface area contributed by atoms with E-state index >= 15 is 0 Å². The molecule has 1 radical (unpaired) electrons. The molecule has 2 nitrogen and oxygen atoms in total. The second kappa shape index (κ2) is 6.32. The van der Waals surface area contributed by atoms with Crippen LogP contribution in [0.5, 0.6) is 0 Å². The molecule has 0 saturated heterocycles. The van der Waals surface area contributed by atoms with Crippen LogP contribution in [0.25, 0.3) is 0 Å². The molecule has 53 valence electrons. The van der Waals surface area contributed by atoms with E-state index in [0.717, 1.165) is 0 Å². The van der Waals surface area contributed by atoms with Crippen molar-refractivity contribution in [2.24, 2.45) is 0 Å². The fourth-order valence-electron chi connectivity index (χ4n) is 0.332. The summed E-state index contributed by atoms with van der Waals surface area (Å²) < 4.78 is 5.42. The molecular formula is C5H10NOS2. The molecule has 0 spiro atoms. The van der Waals surface area contributed by atoms with Crippen LogP contribution in [-0.2, 0) is 4.74 Å². The molecule has 0 fully saturated rings. The molecular weight excluding hydrogens is 154 g/mol. The van der Waals surface area contributed by atoms with Gasteiger partial charge < -0.3 is 10.1 Å². The molecule has 0 rings (SSSR count).